The molecule has 0 aromatic carbocycles. The Balaban J connectivity index is 3.28. The fourth-order valence-corrected chi connectivity index (χ4v) is 1.19. The van der Waals surface area contributed by atoms with E-state index >= 15 is 0 Å². The van der Waals surface area contributed by atoms with Crippen molar-refractivity contribution in [2.45, 2.75) is 6.42 Å². The Kier molecular flexibility index (Phi) is 3.68. The molecule has 0 saturated carbocycles. The zero-order valence-corrected chi connectivity index (χ0v) is 6.58. The van der Waals surface area contributed by atoms with Gasteiger partial charge in [0, 0.05) is 0 Å². The molecule has 0 atom stereocenters. The first-order valence-corrected chi connectivity index (χ1v) is 6.21. The van der Waals surface area contributed by atoms with E-state index in [1.807, 2.05) is 6.07 Å². The van der Waals surface area contributed by atoms with Crippen molar-refractivity contribution in [1.82, 2.24) is 0 Å². The second-order valence-corrected chi connectivity index (χ2v) is 7.49. The van der Waals surface area contributed by atoms with Gasteiger partial charge >= 0.3 is 57.5 Å². The van der Waals surface area contributed by atoms with Crippen LogP contribution in [0, 0.1) is 11.3 Å². The summed E-state index contributed by atoms with van der Waals surface area (Å²) in [5, 5.41) is 7.97. The fraction of sp³-hybridized carbons (Fsp3) is 0.667. The molecule has 5 heteroatoms. The molecule has 0 heterocycles. The molecular formula is C3H6Cl2NOP. The van der Waals surface area contributed by atoms with Crippen molar-refractivity contribution in [1.29, 1.82) is 5.26 Å². The van der Waals surface area contributed by atoms with Crippen molar-refractivity contribution in [2.24, 2.45) is 0 Å². The van der Waals surface area contributed by atoms with Gasteiger partial charge in [-0.2, -0.15) is 0 Å². The Hall–Kier alpha value is 0.460. The number of nitrogens with zero attached hydrogens (tertiary/aromatic N) is 1. The number of hydrogen-bond acceptors (Lipinski definition) is 2. The van der Waals surface area contributed by atoms with Gasteiger partial charge in [-0.1, -0.05) is 0 Å². The monoisotopic (exact) mass is 173 g/mol. The number of rotatable bonds is 2. The predicted molar refractivity (Wildman–Crippen MR) is 37.3 cm³/mol. The Morgan fingerprint density at radius 1 is 1.62 bits per heavy atom. The first-order chi connectivity index (χ1) is 3.56. The van der Waals surface area contributed by atoms with E-state index in [9.17, 15) is 0 Å². The summed E-state index contributed by atoms with van der Waals surface area (Å²) in [4.78, 5) is 8.67. The number of hydrogen-bond donors (Lipinski definition) is 1. The molecule has 0 spiro atoms. The van der Waals surface area contributed by atoms with Crippen LogP contribution >= 0.6 is 28.7 Å². The second kappa shape index (κ2) is 3.48. The zero-order valence-electron chi connectivity index (χ0n) is 4.06. The molecule has 0 unspecified atom stereocenters. The van der Waals surface area contributed by atoms with Crippen molar-refractivity contribution >= 4 is 28.7 Å². The van der Waals surface area contributed by atoms with Gasteiger partial charge in [0.05, 0.1) is 0 Å². The number of nitriles is 1. The van der Waals surface area contributed by atoms with Gasteiger partial charge in [-0.05, 0) is 0 Å². The SMILES string of the molecule is N#CCC[PH](O)(Cl)Cl. The molecule has 0 bridgehead atoms. The first kappa shape index (κ1) is 8.46. The minimum absolute atomic E-state index is 0.229. The van der Waals surface area contributed by atoms with Crippen LogP contribution in [0.3, 0.4) is 0 Å². The standard InChI is InChI=1S/C3H6Cl2NOP/c4-8(5,7)3-1-2-6/h7-8H,1,3H2. The second-order valence-electron chi connectivity index (χ2n) is 1.32. The summed E-state index contributed by atoms with van der Waals surface area (Å²) in [6, 6.07) is 1.83. The van der Waals surface area contributed by atoms with Crippen molar-refractivity contribution in [2.75, 3.05) is 6.16 Å². The van der Waals surface area contributed by atoms with Crippen molar-refractivity contribution in [3.63, 3.8) is 0 Å². The van der Waals surface area contributed by atoms with Gasteiger partial charge in [0.1, 0.15) is 0 Å². The van der Waals surface area contributed by atoms with E-state index in [2.05, 4.69) is 0 Å². The van der Waals surface area contributed by atoms with Gasteiger partial charge in [-0.3, -0.25) is 0 Å². The molecule has 0 radical (unpaired) electrons. The van der Waals surface area contributed by atoms with Crippen molar-refractivity contribution in [3.8, 4) is 6.07 Å². The molecule has 0 aliphatic carbocycles. The molecule has 0 amide bonds. The summed E-state index contributed by atoms with van der Waals surface area (Å²) in [5.41, 5.74) is 0. The van der Waals surface area contributed by atoms with E-state index in [-0.39, 0.29) is 12.6 Å². The van der Waals surface area contributed by atoms with Crippen LogP contribution in [0.5, 0.6) is 0 Å². The van der Waals surface area contributed by atoms with Crippen molar-refractivity contribution < 1.29 is 4.89 Å². The van der Waals surface area contributed by atoms with Crippen LogP contribution in [0.2, 0.25) is 0 Å². The third kappa shape index (κ3) is 6.46. The van der Waals surface area contributed by atoms with Gasteiger partial charge in [0.2, 0.25) is 0 Å². The van der Waals surface area contributed by atoms with Gasteiger partial charge < -0.3 is 0 Å². The molecule has 0 rings (SSSR count). The Bertz CT molecular complexity index is 105. The van der Waals surface area contributed by atoms with Gasteiger partial charge in [-0.15, -0.1) is 0 Å². The van der Waals surface area contributed by atoms with Gasteiger partial charge in [0.25, 0.3) is 0 Å². The average Bonchev–Trinajstić information content (AvgIpc) is 1.59. The van der Waals surface area contributed by atoms with E-state index in [1.165, 1.54) is 0 Å². The average molecular weight is 174 g/mol. The van der Waals surface area contributed by atoms with E-state index in [0.717, 1.165) is 0 Å². The molecular weight excluding hydrogens is 168 g/mol. The zero-order chi connectivity index (χ0) is 6.62. The fourth-order valence-electron chi connectivity index (χ4n) is 0.206. The Labute approximate surface area is 58.0 Å². The molecule has 0 fully saturated rings. The van der Waals surface area contributed by atoms with E-state index in [1.54, 1.807) is 0 Å². The van der Waals surface area contributed by atoms with Crippen LogP contribution in [0.4, 0.5) is 0 Å². The molecule has 0 saturated heterocycles. The molecule has 2 nitrogen and oxygen atoms in total. The van der Waals surface area contributed by atoms with Gasteiger partial charge in [-0.25, -0.2) is 0 Å². The molecule has 0 aromatic heterocycles. The summed E-state index contributed by atoms with van der Waals surface area (Å²) >= 11 is 10.4. The summed E-state index contributed by atoms with van der Waals surface area (Å²) in [7, 11) is 0. The minimum atomic E-state index is -2.96. The predicted octanol–water partition coefficient (Wildman–Crippen LogP) is 1.86. The maximum atomic E-state index is 8.67. The van der Waals surface area contributed by atoms with Crippen LogP contribution in [-0.2, 0) is 0 Å². The van der Waals surface area contributed by atoms with Crippen LogP contribution in [0.1, 0.15) is 6.42 Å². The van der Waals surface area contributed by atoms with Crippen LogP contribution in [-0.4, -0.2) is 11.1 Å². The normalized spacial score (nSPS) is 12.8. The Morgan fingerprint density at radius 3 is 2.25 bits per heavy atom. The van der Waals surface area contributed by atoms with Gasteiger partial charge in [0.15, 0.2) is 0 Å². The van der Waals surface area contributed by atoms with E-state index in [0.29, 0.717) is 0 Å². The molecule has 0 aliphatic heterocycles. The van der Waals surface area contributed by atoms with E-state index < -0.39 is 6.19 Å². The quantitative estimate of drug-likeness (QED) is 0.649. The molecule has 8 heavy (non-hydrogen) atoms. The summed E-state index contributed by atoms with van der Waals surface area (Å²) < 4.78 is 0. The maximum absolute atomic E-state index is 8.67. The Morgan fingerprint density at radius 2 is 2.12 bits per heavy atom. The third-order valence-electron chi connectivity index (χ3n) is 0.538. The van der Waals surface area contributed by atoms with E-state index in [4.69, 9.17) is 32.6 Å². The van der Waals surface area contributed by atoms with Crippen LogP contribution in [0.15, 0.2) is 0 Å². The van der Waals surface area contributed by atoms with Crippen LogP contribution < -0.4 is 0 Å². The molecule has 1 N–H and O–H groups in total. The first-order valence-electron chi connectivity index (χ1n) is 2.03. The van der Waals surface area contributed by atoms with Crippen LogP contribution in [0.25, 0.3) is 0 Å². The summed E-state index contributed by atoms with van der Waals surface area (Å²) in [6.45, 7) is 0. The molecule has 0 aromatic rings. The molecule has 0 aliphatic rings. The van der Waals surface area contributed by atoms with Crippen molar-refractivity contribution in [3.05, 3.63) is 0 Å². The topological polar surface area (TPSA) is 44.0 Å². The third-order valence-corrected chi connectivity index (χ3v) is 2.52. The summed E-state index contributed by atoms with van der Waals surface area (Å²) in [6.07, 6.45) is -2.50. The number of halogens is 2. The summed E-state index contributed by atoms with van der Waals surface area (Å²) in [5.74, 6) is 0. The molecule has 48 valence electrons.